The Morgan fingerprint density at radius 1 is 1.21 bits per heavy atom. The molecule has 2 aromatic carbocycles. The fraction of sp³-hybridized carbons (Fsp3) is 0.143. The minimum atomic E-state index is -0.467. The molecular formula is C14H12BrClFNO. The van der Waals surface area contributed by atoms with Gasteiger partial charge in [-0.2, -0.15) is 0 Å². The van der Waals surface area contributed by atoms with Gasteiger partial charge in [-0.05, 0) is 42.8 Å². The van der Waals surface area contributed by atoms with E-state index in [0.29, 0.717) is 16.3 Å². The van der Waals surface area contributed by atoms with Crippen LogP contribution in [0.4, 0.5) is 4.39 Å². The Bertz CT molecular complexity index is 604. The van der Waals surface area contributed by atoms with Crippen molar-refractivity contribution in [3.8, 4) is 11.5 Å². The second-order valence-corrected chi connectivity index (χ2v) is 5.48. The summed E-state index contributed by atoms with van der Waals surface area (Å²) >= 11 is 9.30. The van der Waals surface area contributed by atoms with Crippen molar-refractivity contribution in [3.63, 3.8) is 0 Å². The normalized spacial score (nSPS) is 12.3. The molecule has 2 rings (SSSR count). The van der Waals surface area contributed by atoms with Gasteiger partial charge >= 0.3 is 0 Å². The van der Waals surface area contributed by atoms with E-state index in [0.717, 1.165) is 4.47 Å². The summed E-state index contributed by atoms with van der Waals surface area (Å²) in [6.45, 7) is 1.79. The van der Waals surface area contributed by atoms with Crippen LogP contribution in [0.3, 0.4) is 0 Å². The predicted molar refractivity (Wildman–Crippen MR) is 78.2 cm³/mol. The molecule has 0 bridgehead atoms. The smallest absolute Gasteiger partial charge is 0.166 e. The summed E-state index contributed by atoms with van der Waals surface area (Å²) in [5.41, 5.74) is 6.41. The molecule has 100 valence electrons. The standard InChI is InChI=1S/C14H12BrClFNO/c1-8(18)9-2-5-13(12(17)6-9)19-14-7-10(15)3-4-11(14)16/h2-8H,18H2,1H3/t8-/m0/s1. The molecule has 0 aliphatic carbocycles. The molecule has 0 saturated heterocycles. The van der Waals surface area contributed by atoms with Gasteiger partial charge in [-0.1, -0.05) is 33.6 Å². The summed E-state index contributed by atoms with van der Waals surface area (Å²) < 4.78 is 20.2. The maximum absolute atomic E-state index is 13.9. The molecule has 2 nitrogen and oxygen atoms in total. The molecule has 0 aliphatic heterocycles. The molecule has 0 heterocycles. The van der Waals surface area contributed by atoms with Crippen molar-refractivity contribution >= 4 is 27.5 Å². The summed E-state index contributed by atoms with van der Waals surface area (Å²) in [4.78, 5) is 0. The van der Waals surface area contributed by atoms with Gasteiger partial charge in [-0.3, -0.25) is 0 Å². The first-order chi connectivity index (χ1) is 8.97. The lowest BCUT2D eigenvalue weighted by Gasteiger charge is -2.11. The van der Waals surface area contributed by atoms with E-state index in [1.807, 2.05) is 0 Å². The van der Waals surface area contributed by atoms with Gasteiger partial charge in [0, 0.05) is 10.5 Å². The Morgan fingerprint density at radius 2 is 1.95 bits per heavy atom. The molecule has 5 heteroatoms. The van der Waals surface area contributed by atoms with Gasteiger partial charge in [-0.15, -0.1) is 0 Å². The molecule has 0 unspecified atom stereocenters. The number of nitrogens with two attached hydrogens (primary N) is 1. The predicted octanol–water partition coefficient (Wildman–Crippen LogP) is 5.05. The summed E-state index contributed by atoms with van der Waals surface area (Å²) in [5.74, 6) is 0.0405. The molecular weight excluding hydrogens is 333 g/mol. The van der Waals surface area contributed by atoms with Gasteiger partial charge in [0.05, 0.1) is 5.02 Å². The molecule has 0 aromatic heterocycles. The second kappa shape index (κ2) is 5.90. The zero-order valence-electron chi connectivity index (χ0n) is 10.2. The van der Waals surface area contributed by atoms with Crippen LogP contribution in [0.1, 0.15) is 18.5 Å². The first-order valence-electron chi connectivity index (χ1n) is 5.65. The summed E-state index contributed by atoms with van der Waals surface area (Å²) in [6.07, 6.45) is 0. The molecule has 0 spiro atoms. The van der Waals surface area contributed by atoms with Crippen LogP contribution in [0, 0.1) is 5.82 Å². The SMILES string of the molecule is C[C@H](N)c1ccc(Oc2cc(Br)ccc2Cl)c(F)c1. The summed E-state index contributed by atoms with van der Waals surface area (Å²) in [6, 6.07) is 9.56. The van der Waals surface area contributed by atoms with Crippen molar-refractivity contribution in [2.24, 2.45) is 5.73 Å². The van der Waals surface area contributed by atoms with Gasteiger partial charge in [0.15, 0.2) is 11.6 Å². The molecule has 2 N–H and O–H groups in total. The van der Waals surface area contributed by atoms with E-state index in [2.05, 4.69) is 15.9 Å². The van der Waals surface area contributed by atoms with Gasteiger partial charge in [0.2, 0.25) is 0 Å². The van der Waals surface area contributed by atoms with Crippen molar-refractivity contribution in [1.29, 1.82) is 0 Å². The summed E-state index contributed by atoms with van der Waals surface area (Å²) in [5, 5.41) is 0.416. The average Bonchev–Trinajstić information content (AvgIpc) is 2.36. The quantitative estimate of drug-likeness (QED) is 0.845. The highest BCUT2D eigenvalue weighted by molar-refractivity contribution is 9.10. The lowest BCUT2D eigenvalue weighted by atomic mass is 10.1. The van der Waals surface area contributed by atoms with Crippen molar-refractivity contribution in [2.75, 3.05) is 0 Å². The number of rotatable bonds is 3. The average molecular weight is 345 g/mol. The van der Waals surface area contributed by atoms with E-state index in [1.165, 1.54) is 6.07 Å². The molecule has 0 fully saturated rings. The zero-order chi connectivity index (χ0) is 14.0. The van der Waals surface area contributed by atoms with E-state index >= 15 is 0 Å². The molecule has 0 radical (unpaired) electrons. The number of halogens is 3. The highest BCUT2D eigenvalue weighted by Crippen LogP contribution is 2.33. The maximum atomic E-state index is 13.9. The molecule has 2 aromatic rings. The lowest BCUT2D eigenvalue weighted by molar-refractivity contribution is 0.441. The largest absolute Gasteiger partial charge is 0.453 e. The maximum Gasteiger partial charge on any atom is 0.166 e. The molecule has 0 amide bonds. The third kappa shape index (κ3) is 3.47. The molecule has 0 aliphatic rings. The Kier molecular flexibility index (Phi) is 4.45. The van der Waals surface area contributed by atoms with Crippen LogP contribution < -0.4 is 10.5 Å². The Morgan fingerprint density at radius 3 is 2.58 bits per heavy atom. The van der Waals surface area contributed by atoms with E-state index in [-0.39, 0.29) is 11.8 Å². The minimum Gasteiger partial charge on any atom is -0.453 e. The topological polar surface area (TPSA) is 35.2 Å². The zero-order valence-corrected chi connectivity index (χ0v) is 12.5. The van der Waals surface area contributed by atoms with Crippen LogP contribution in [0.5, 0.6) is 11.5 Å². The number of hydrogen-bond donors (Lipinski definition) is 1. The number of benzene rings is 2. The van der Waals surface area contributed by atoms with Crippen molar-refractivity contribution in [2.45, 2.75) is 13.0 Å². The highest BCUT2D eigenvalue weighted by Gasteiger charge is 2.10. The Labute approximate surface area is 124 Å². The van der Waals surface area contributed by atoms with Gasteiger partial charge in [-0.25, -0.2) is 4.39 Å². The second-order valence-electron chi connectivity index (χ2n) is 4.16. The first kappa shape index (κ1) is 14.3. The van der Waals surface area contributed by atoms with Crippen LogP contribution in [-0.4, -0.2) is 0 Å². The van der Waals surface area contributed by atoms with Crippen LogP contribution >= 0.6 is 27.5 Å². The van der Waals surface area contributed by atoms with Crippen LogP contribution in [-0.2, 0) is 0 Å². The van der Waals surface area contributed by atoms with Gasteiger partial charge < -0.3 is 10.5 Å². The Balaban J connectivity index is 2.31. The third-order valence-corrected chi connectivity index (χ3v) is 3.40. The van der Waals surface area contributed by atoms with Crippen LogP contribution in [0.15, 0.2) is 40.9 Å². The van der Waals surface area contributed by atoms with E-state index in [9.17, 15) is 4.39 Å². The van der Waals surface area contributed by atoms with Gasteiger partial charge in [0.25, 0.3) is 0 Å². The molecule has 1 atom stereocenters. The van der Waals surface area contributed by atoms with Crippen molar-refractivity contribution in [3.05, 3.63) is 57.3 Å². The van der Waals surface area contributed by atoms with Crippen LogP contribution in [0.25, 0.3) is 0 Å². The number of hydrogen-bond acceptors (Lipinski definition) is 2. The summed E-state index contributed by atoms with van der Waals surface area (Å²) in [7, 11) is 0. The lowest BCUT2D eigenvalue weighted by Crippen LogP contribution is -2.05. The highest BCUT2D eigenvalue weighted by atomic mass is 79.9. The van der Waals surface area contributed by atoms with Crippen molar-refractivity contribution in [1.82, 2.24) is 0 Å². The van der Waals surface area contributed by atoms with Crippen molar-refractivity contribution < 1.29 is 9.13 Å². The minimum absolute atomic E-state index is 0.115. The first-order valence-corrected chi connectivity index (χ1v) is 6.82. The fourth-order valence-electron chi connectivity index (χ4n) is 1.56. The van der Waals surface area contributed by atoms with Gasteiger partial charge in [0.1, 0.15) is 5.75 Å². The molecule has 19 heavy (non-hydrogen) atoms. The van der Waals surface area contributed by atoms with E-state index < -0.39 is 5.82 Å². The number of ether oxygens (including phenoxy) is 1. The molecule has 0 saturated carbocycles. The van der Waals surface area contributed by atoms with E-state index in [1.54, 1.807) is 37.3 Å². The third-order valence-electron chi connectivity index (χ3n) is 2.59. The Hall–Kier alpha value is -1.10. The van der Waals surface area contributed by atoms with E-state index in [4.69, 9.17) is 22.1 Å². The monoisotopic (exact) mass is 343 g/mol. The van der Waals surface area contributed by atoms with Crippen LogP contribution in [0.2, 0.25) is 5.02 Å². The fourth-order valence-corrected chi connectivity index (χ4v) is 2.05.